The van der Waals surface area contributed by atoms with Crippen molar-refractivity contribution >= 4 is 5.78 Å². The molecule has 1 aliphatic heterocycles. The Bertz CT molecular complexity index is 449. The summed E-state index contributed by atoms with van der Waals surface area (Å²) in [5.41, 5.74) is 8.90. The molecule has 2 atom stereocenters. The molecule has 0 spiro atoms. The van der Waals surface area contributed by atoms with Crippen LogP contribution in [-0.2, 0) is 16.0 Å². The molecule has 1 saturated heterocycles. The molecule has 0 aliphatic carbocycles. The molecule has 0 aromatic heterocycles. The van der Waals surface area contributed by atoms with Gasteiger partial charge in [-0.05, 0) is 26.3 Å². The van der Waals surface area contributed by atoms with Gasteiger partial charge in [0, 0.05) is 12.5 Å². The van der Waals surface area contributed by atoms with Crippen molar-refractivity contribution in [2.75, 3.05) is 13.2 Å². The Morgan fingerprint density at radius 1 is 1.39 bits per heavy atom. The molecule has 98 valence electrons. The molecule has 1 aromatic rings. The van der Waals surface area contributed by atoms with E-state index < -0.39 is 5.41 Å². The molecule has 0 radical (unpaired) electrons. The van der Waals surface area contributed by atoms with E-state index in [-0.39, 0.29) is 11.8 Å². The van der Waals surface area contributed by atoms with Crippen LogP contribution in [0.4, 0.5) is 0 Å². The van der Waals surface area contributed by atoms with Crippen LogP contribution < -0.4 is 5.73 Å². The highest BCUT2D eigenvalue weighted by atomic mass is 16.5. The fraction of sp³-hybridized carbons (Fsp3) is 0.533. The summed E-state index contributed by atoms with van der Waals surface area (Å²) in [5, 5.41) is 0. The lowest BCUT2D eigenvalue weighted by Crippen LogP contribution is -2.45. The third-order valence-corrected chi connectivity index (χ3v) is 3.80. The van der Waals surface area contributed by atoms with Crippen LogP contribution in [0.25, 0.3) is 0 Å². The van der Waals surface area contributed by atoms with E-state index in [1.807, 2.05) is 20.8 Å². The predicted octanol–water partition coefficient (Wildman–Crippen LogP) is 1.78. The molecule has 1 fully saturated rings. The van der Waals surface area contributed by atoms with Crippen molar-refractivity contribution in [1.82, 2.24) is 0 Å². The van der Waals surface area contributed by atoms with Crippen LogP contribution in [0.1, 0.15) is 23.6 Å². The van der Waals surface area contributed by atoms with Gasteiger partial charge in [-0.3, -0.25) is 4.79 Å². The number of aryl methyl sites for hydroxylation is 2. The van der Waals surface area contributed by atoms with Gasteiger partial charge in [0.15, 0.2) is 0 Å². The molecule has 1 aromatic carbocycles. The Balaban J connectivity index is 2.16. The first-order valence-electron chi connectivity index (χ1n) is 6.35. The average Bonchev–Trinajstić information content (AvgIpc) is 2.59. The summed E-state index contributed by atoms with van der Waals surface area (Å²) >= 11 is 0. The molecule has 2 rings (SSSR count). The fourth-order valence-corrected chi connectivity index (χ4v) is 2.53. The van der Waals surface area contributed by atoms with E-state index in [0.717, 1.165) is 5.56 Å². The highest BCUT2D eigenvalue weighted by molar-refractivity contribution is 5.87. The third kappa shape index (κ3) is 2.47. The van der Waals surface area contributed by atoms with E-state index in [9.17, 15) is 4.79 Å². The summed E-state index contributed by atoms with van der Waals surface area (Å²) in [6.45, 7) is 6.93. The van der Waals surface area contributed by atoms with Crippen LogP contribution in [0.5, 0.6) is 0 Å². The molecule has 18 heavy (non-hydrogen) atoms. The number of benzene rings is 1. The Labute approximate surface area is 108 Å². The number of ether oxygens (including phenoxy) is 1. The minimum absolute atomic E-state index is 0.178. The lowest BCUT2D eigenvalue weighted by atomic mass is 9.79. The van der Waals surface area contributed by atoms with Gasteiger partial charge in [0.25, 0.3) is 0 Å². The monoisotopic (exact) mass is 247 g/mol. The van der Waals surface area contributed by atoms with Crippen molar-refractivity contribution in [3.63, 3.8) is 0 Å². The minimum Gasteiger partial charge on any atom is -0.379 e. The molecule has 1 aliphatic rings. The number of hydrogen-bond donors (Lipinski definition) is 1. The Kier molecular flexibility index (Phi) is 3.55. The van der Waals surface area contributed by atoms with Crippen molar-refractivity contribution in [2.45, 2.75) is 33.2 Å². The van der Waals surface area contributed by atoms with Gasteiger partial charge < -0.3 is 10.5 Å². The number of nitrogens with two attached hydrogens (primary N) is 1. The van der Waals surface area contributed by atoms with Crippen LogP contribution in [0.3, 0.4) is 0 Å². The van der Waals surface area contributed by atoms with Crippen LogP contribution in [0.15, 0.2) is 18.2 Å². The van der Waals surface area contributed by atoms with Crippen molar-refractivity contribution < 1.29 is 9.53 Å². The summed E-state index contributed by atoms with van der Waals surface area (Å²) in [7, 11) is 0. The minimum atomic E-state index is -0.530. The van der Waals surface area contributed by atoms with E-state index in [1.165, 1.54) is 11.1 Å². The van der Waals surface area contributed by atoms with E-state index >= 15 is 0 Å². The van der Waals surface area contributed by atoms with Gasteiger partial charge in [0.05, 0.1) is 18.6 Å². The lowest BCUT2D eigenvalue weighted by Gasteiger charge is -2.25. The molecule has 3 nitrogen and oxygen atoms in total. The number of carbonyl (C=O) groups excluding carboxylic acids is 1. The molecule has 3 heteroatoms. The number of carbonyl (C=O) groups is 1. The van der Waals surface area contributed by atoms with Crippen LogP contribution in [0.2, 0.25) is 0 Å². The summed E-state index contributed by atoms with van der Waals surface area (Å²) in [6, 6.07) is 6.06. The van der Waals surface area contributed by atoms with Crippen molar-refractivity contribution in [1.29, 1.82) is 0 Å². The van der Waals surface area contributed by atoms with E-state index in [4.69, 9.17) is 10.5 Å². The fourth-order valence-electron chi connectivity index (χ4n) is 2.53. The summed E-state index contributed by atoms with van der Waals surface area (Å²) in [6.07, 6.45) is 0.441. The zero-order valence-electron chi connectivity index (χ0n) is 11.3. The van der Waals surface area contributed by atoms with Gasteiger partial charge >= 0.3 is 0 Å². The smallest absolute Gasteiger partial charge is 0.147 e. The number of Topliss-reactive ketones (excluding diaryl/α,β-unsaturated/α-hetero) is 1. The van der Waals surface area contributed by atoms with Gasteiger partial charge in [-0.15, -0.1) is 0 Å². The van der Waals surface area contributed by atoms with Crippen LogP contribution >= 0.6 is 0 Å². The average molecular weight is 247 g/mol. The Morgan fingerprint density at radius 2 is 2.00 bits per heavy atom. The second kappa shape index (κ2) is 4.82. The Hall–Kier alpha value is -1.19. The van der Waals surface area contributed by atoms with Gasteiger partial charge in [0.2, 0.25) is 0 Å². The molecule has 0 amide bonds. The zero-order valence-corrected chi connectivity index (χ0v) is 11.3. The van der Waals surface area contributed by atoms with Gasteiger partial charge in [0.1, 0.15) is 5.78 Å². The molecule has 0 saturated carbocycles. The first-order chi connectivity index (χ1) is 8.41. The van der Waals surface area contributed by atoms with Gasteiger partial charge in [-0.1, -0.05) is 29.3 Å². The zero-order chi connectivity index (χ0) is 13.3. The predicted molar refractivity (Wildman–Crippen MR) is 71.5 cm³/mol. The maximum absolute atomic E-state index is 12.4. The highest BCUT2D eigenvalue weighted by Gasteiger charge is 2.43. The quantitative estimate of drug-likeness (QED) is 0.885. The number of ketones is 1. The maximum atomic E-state index is 12.4. The maximum Gasteiger partial charge on any atom is 0.147 e. The summed E-state index contributed by atoms with van der Waals surface area (Å²) in [4.78, 5) is 12.4. The molecular formula is C15H21NO2. The van der Waals surface area contributed by atoms with Crippen molar-refractivity contribution in [2.24, 2.45) is 11.1 Å². The van der Waals surface area contributed by atoms with Gasteiger partial charge in [-0.2, -0.15) is 0 Å². The van der Waals surface area contributed by atoms with Crippen molar-refractivity contribution in [3.8, 4) is 0 Å². The molecule has 2 N–H and O–H groups in total. The summed E-state index contributed by atoms with van der Waals surface area (Å²) < 4.78 is 5.33. The van der Waals surface area contributed by atoms with Crippen LogP contribution in [-0.4, -0.2) is 25.0 Å². The molecular weight excluding hydrogens is 226 g/mol. The normalized spacial score (nSPS) is 27.4. The first kappa shape index (κ1) is 13.2. The first-order valence-corrected chi connectivity index (χ1v) is 6.35. The van der Waals surface area contributed by atoms with E-state index in [0.29, 0.717) is 19.6 Å². The second-order valence-corrected chi connectivity index (χ2v) is 5.64. The Morgan fingerprint density at radius 3 is 2.50 bits per heavy atom. The number of rotatable bonds is 3. The SMILES string of the molecule is Cc1cc(C)cc(CC(=O)C2(C)COCC2N)c1. The van der Waals surface area contributed by atoms with Gasteiger partial charge in [-0.25, -0.2) is 0 Å². The largest absolute Gasteiger partial charge is 0.379 e. The second-order valence-electron chi connectivity index (χ2n) is 5.64. The van der Waals surface area contributed by atoms with Crippen molar-refractivity contribution in [3.05, 3.63) is 34.9 Å². The number of hydrogen-bond acceptors (Lipinski definition) is 3. The van der Waals surface area contributed by atoms with E-state index in [2.05, 4.69) is 18.2 Å². The molecule has 1 heterocycles. The highest BCUT2D eigenvalue weighted by Crippen LogP contribution is 2.29. The summed E-state index contributed by atoms with van der Waals surface area (Å²) in [5.74, 6) is 0.178. The molecule has 2 unspecified atom stereocenters. The standard InChI is InChI=1S/C15H21NO2/c1-10-4-11(2)6-12(5-10)7-14(17)15(3)9-18-8-13(15)16/h4-6,13H,7-9,16H2,1-3H3. The third-order valence-electron chi connectivity index (χ3n) is 3.80. The van der Waals surface area contributed by atoms with Crippen LogP contribution in [0, 0.1) is 19.3 Å². The topological polar surface area (TPSA) is 52.3 Å². The lowest BCUT2D eigenvalue weighted by molar-refractivity contribution is -0.127. The van der Waals surface area contributed by atoms with E-state index in [1.54, 1.807) is 0 Å². The molecule has 0 bridgehead atoms.